The van der Waals surface area contributed by atoms with Crippen molar-refractivity contribution in [1.29, 1.82) is 5.26 Å². The molecule has 0 saturated heterocycles. The van der Waals surface area contributed by atoms with Gasteiger partial charge in [-0.1, -0.05) is 62.9 Å². The maximum absolute atomic E-state index is 15.1. The lowest BCUT2D eigenvalue weighted by molar-refractivity contribution is 0.302. The molecule has 160 valence electrons. The van der Waals surface area contributed by atoms with Gasteiger partial charge in [0.2, 0.25) is 0 Å². The average molecular weight is 418 g/mol. The topological polar surface area (TPSA) is 23.8 Å². The number of hydrogen-bond donors (Lipinski definition) is 0. The molecule has 1 nitrogen and oxygen atoms in total. The van der Waals surface area contributed by atoms with Gasteiger partial charge in [0, 0.05) is 10.9 Å². The van der Waals surface area contributed by atoms with Crippen LogP contribution < -0.4 is 0 Å². The van der Waals surface area contributed by atoms with Gasteiger partial charge in [-0.2, -0.15) is 5.26 Å². The summed E-state index contributed by atoms with van der Waals surface area (Å²) >= 11 is 0. The van der Waals surface area contributed by atoms with Crippen molar-refractivity contribution in [2.24, 2.45) is 5.92 Å². The van der Waals surface area contributed by atoms with Gasteiger partial charge in [-0.15, -0.1) is 0 Å². The fourth-order valence-corrected chi connectivity index (χ4v) is 5.03. The average Bonchev–Trinajstić information content (AvgIpc) is 2.80. The van der Waals surface area contributed by atoms with Gasteiger partial charge in [-0.05, 0) is 72.2 Å². The van der Waals surface area contributed by atoms with Gasteiger partial charge < -0.3 is 0 Å². The van der Waals surface area contributed by atoms with Crippen molar-refractivity contribution in [3.8, 4) is 17.2 Å². The minimum Gasteiger partial charge on any atom is -0.206 e. The minimum atomic E-state index is -0.521. The molecule has 0 N–H and O–H groups in total. The first-order valence-electron chi connectivity index (χ1n) is 11.5. The second kappa shape index (κ2) is 9.60. The predicted molar refractivity (Wildman–Crippen MR) is 123 cm³/mol. The number of nitrogens with zero attached hydrogens (tertiary/aromatic N) is 1. The molecule has 1 fully saturated rings. The summed E-state index contributed by atoms with van der Waals surface area (Å²) in [6.07, 6.45) is 10.1. The van der Waals surface area contributed by atoms with E-state index >= 15 is 4.39 Å². The first kappa shape index (κ1) is 21.5. The molecule has 4 rings (SSSR count). The van der Waals surface area contributed by atoms with Crippen molar-refractivity contribution in [1.82, 2.24) is 0 Å². The molecule has 0 heterocycles. The molecule has 0 bridgehead atoms. The lowest BCUT2D eigenvalue weighted by Gasteiger charge is -2.29. The molecule has 0 amide bonds. The summed E-state index contributed by atoms with van der Waals surface area (Å²) < 4.78 is 29.4. The van der Waals surface area contributed by atoms with Crippen molar-refractivity contribution in [2.45, 2.75) is 64.2 Å². The zero-order chi connectivity index (χ0) is 21.8. The Morgan fingerprint density at radius 2 is 1.74 bits per heavy atom. The van der Waals surface area contributed by atoms with E-state index in [0.717, 1.165) is 29.9 Å². The van der Waals surface area contributed by atoms with Crippen LogP contribution in [0.5, 0.6) is 0 Å². The first-order chi connectivity index (χ1) is 15.1. The van der Waals surface area contributed by atoms with Gasteiger partial charge in [-0.25, -0.2) is 8.78 Å². The second-order valence-electron chi connectivity index (χ2n) is 8.93. The number of nitriles is 1. The van der Waals surface area contributed by atoms with E-state index in [9.17, 15) is 4.39 Å². The molecule has 1 aliphatic rings. The number of halogens is 2. The Bertz CT molecular complexity index is 1100. The third-order valence-corrected chi connectivity index (χ3v) is 6.91. The van der Waals surface area contributed by atoms with Crippen LogP contribution in [-0.2, 0) is 0 Å². The van der Waals surface area contributed by atoms with E-state index in [2.05, 4.69) is 13.0 Å². The van der Waals surface area contributed by atoms with Crippen LogP contribution in [0.4, 0.5) is 8.78 Å². The largest absolute Gasteiger partial charge is 0.206 e. The number of unbranched alkanes of at least 4 members (excludes halogenated alkanes) is 2. The summed E-state index contributed by atoms with van der Waals surface area (Å²) in [4.78, 5) is 0. The molecular formula is C28H29F2N. The van der Waals surface area contributed by atoms with Gasteiger partial charge in [0.15, 0.2) is 0 Å². The lowest BCUT2D eigenvalue weighted by Crippen LogP contribution is -2.13. The monoisotopic (exact) mass is 417 g/mol. The highest BCUT2D eigenvalue weighted by Crippen LogP contribution is 2.39. The van der Waals surface area contributed by atoms with Gasteiger partial charge >= 0.3 is 0 Å². The normalized spacial score (nSPS) is 18.8. The van der Waals surface area contributed by atoms with E-state index in [1.54, 1.807) is 30.3 Å². The Morgan fingerprint density at radius 3 is 2.45 bits per heavy atom. The number of fused-ring (bicyclic) bond motifs is 1. The van der Waals surface area contributed by atoms with Crippen molar-refractivity contribution >= 4 is 10.8 Å². The van der Waals surface area contributed by atoms with Crippen LogP contribution in [0.2, 0.25) is 0 Å². The second-order valence-corrected chi connectivity index (χ2v) is 8.93. The maximum Gasteiger partial charge on any atom is 0.148 e. The van der Waals surface area contributed by atoms with Crippen LogP contribution in [0.25, 0.3) is 21.9 Å². The number of rotatable bonds is 6. The highest BCUT2D eigenvalue weighted by atomic mass is 19.1. The number of hydrogen-bond acceptors (Lipinski definition) is 1. The third kappa shape index (κ3) is 4.64. The summed E-state index contributed by atoms with van der Waals surface area (Å²) in [7, 11) is 0. The molecule has 0 aliphatic heterocycles. The predicted octanol–water partition coefficient (Wildman–Crippen LogP) is 8.51. The molecule has 0 unspecified atom stereocenters. The van der Waals surface area contributed by atoms with E-state index in [0.29, 0.717) is 22.3 Å². The van der Waals surface area contributed by atoms with Crippen LogP contribution in [0.3, 0.4) is 0 Å². The van der Waals surface area contributed by atoms with Gasteiger partial charge in [0.25, 0.3) is 0 Å². The summed E-state index contributed by atoms with van der Waals surface area (Å²) in [5, 5.41) is 10.1. The standard InChI is InChI=1S/C28H29F2N/c1-2-3-4-5-19-6-8-20(9-7-19)21-12-14-25(27(29)17-21)22-13-15-26-23(16-22)10-11-24(18-31)28(26)30/h10-17,19-20H,2-9H2,1H3. The molecule has 3 heteroatoms. The summed E-state index contributed by atoms with van der Waals surface area (Å²) in [6.45, 7) is 2.25. The Morgan fingerprint density at radius 1 is 0.935 bits per heavy atom. The molecule has 1 saturated carbocycles. The van der Waals surface area contributed by atoms with Crippen LogP contribution in [0.1, 0.15) is 75.3 Å². The Labute approximate surface area is 183 Å². The van der Waals surface area contributed by atoms with Crippen molar-refractivity contribution < 1.29 is 8.78 Å². The van der Waals surface area contributed by atoms with Crippen LogP contribution in [-0.4, -0.2) is 0 Å². The van der Waals surface area contributed by atoms with Crippen LogP contribution in [0.15, 0.2) is 48.5 Å². The summed E-state index contributed by atoms with van der Waals surface area (Å²) in [5.74, 6) is 0.538. The molecule has 1 aliphatic carbocycles. The zero-order valence-electron chi connectivity index (χ0n) is 18.1. The molecular weight excluding hydrogens is 388 g/mol. The van der Waals surface area contributed by atoms with Gasteiger partial charge in [-0.3, -0.25) is 0 Å². The lowest BCUT2D eigenvalue weighted by atomic mass is 9.77. The Balaban J connectivity index is 1.50. The van der Waals surface area contributed by atoms with Crippen LogP contribution in [0, 0.1) is 28.9 Å². The van der Waals surface area contributed by atoms with E-state index < -0.39 is 5.82 Å². The van der Waals surface area contributed by atoms with Crippen molar-refractivity contribution in [3.63, 3.8) is 0 Å². The Kier molecular flexibility index (Phi) is 6.66. The fourth-order valence-electron chi connectivity index (χ4n) is 5.03. The minimum absolute atomic E-state index is 0.0240. The highest BCUT2D eigenvalue weighted by molar-refractivity contribution is 5.89. The third-order valence-electron chi connectivity index (χ3n) is 6.91. The smallest absolute Gasteiger partial charge is 0.148 e. The molecule has 0 aromatic heterocycles. The molecule has 3 aromatic rings. The highest BCUT2D eigenvalue weighted by Gasteiger charge is 2.23. The van der Waals surface area contributed by atoms with E-state index in [1.807, 2.05) is 12.1 Å². The summed E-state index contributed by atoms with van der Waals surface area (Å²) in [6, 6.07) is 15.8. The van der Waals surface area contributed by atoms with Crippen molar-refractivity contribution in [2.75, 3.05) is 0 Å². The molecule has 3 aromatic carbocycles. The molecule has 31 heavy (non-hydrogen) atoms. The van der Waals surface area contributed by atoms with Crippen molar-refractivity contribution in [3.05, 3.63) is 71.3 Å². The molecule has 0 spiro atoms. The quantitative estimate of drug-likeness (QED) is 0.369. The van der Waals surface area contributed by atoms with E-state index in [1.165, 1.54) is 44.6 Å². The Hall–Kier alpha value is -2.73. The maximum atomic E-state index is 15.1. The fraction of sp³-hybridized carbons (Fsp3) is 0.393. The van der Waals surface area contributed by atoms with E-state index in [4.69, 9.17) is 5.26 Å². The van der Waals surface area contributed by atoms with E-state index in [-0.39, 0.29) is 11.4 Å². The molecule has 0 radical (unpaired) electrons. The molecule has 0 atom stereocenters. The summed E-state index contributed by atoms with van der Waals surface area (Å²) in [5.41, 5.74) is 2.37. The first-order valence-corrected chi connectivity index (χ1v) is 11.5. The van der Waals surface area contributed by atoms with Gasteiger partial charge in [0.1, 0.15) is 17.7 Å². The SMILES string of the molecule is CCCCCC1CCC(c2ccc(-c3ccc4c(F)c(C#N)ccc4c3)c(F)c2)CC1. The number of benzene rings is 3. The van der Waals surface area contributed by atoms with Crippen LogP contribution >= 0.6 is 0 Å². The van der Waals surface area contributed by atoms with Gasteiger partial charge in [0.05, 0.1) is 5.56 Å². The zero-order valence-corrected chi connectivity index (χ0v) is 18.1.